The van der Waals surface area contributed by atoms with E-state index in [2.05, 4.69) is 52.2 Å². The molecule has 0 spiro atoms. The Balaban J connectivity index is -0.00000119. The van der Waals surface area contributed by atoms with Gasteiger partial charge >= 0.3 is 0 Å². The van der Waals surface area contributed by atoms with Gasteiger partial charge in [0.2, 0.25) is 5.91 Å². The van der Waals surface area contributed by atoms with E-state index >= 15 is 0 Å². The molecule has 0 aliphatic carbocycles. The first-order valence-electron chi connectivity index (χ1n) is 25.0. The van der Waals surface area contributed by atoms with Gasteiger partial charge in [0.25, 0.3) is 0 Å². The predicted molar refractivity (Wildman–Crippen MR) is 305 cm³/mol. The summed E-state index contributed by atoms with van der Waals surface area (Å²) in [6, 6.07) is 6.33. The maximum Gasteiger partial charge on any atom is 0.230 e. The van der Waals surface area contributed by atoms with Crippen LogP contribution >= 0.6 is 59.7 Å². The van der Waals surface area contributed by atoms with Crippen LogP contribution in [-0.2, 0) is 23.2 Å². The molecule has 0 radical (unpaired) electrons. The number of Topliss-reactive ketones (excluding diaryl/α,β-unsaturated/α-hetero) is 2. The molecule has 0 saturated carbocycles. The first-order chi connectivity index (χ1) is 30.7. The lowest BCUT2D eigenvalue weighted by Gasteiger charge is -2.25. The lowest BCUT2D eigenvalue weighted by Crippen LogP contribution is -2.33. The molecule has 2 N–H and O–H groups in total. The molecule has 0 heterocycles. The number of amides is 1. The average molecular weight is 1050 g/mol. The molecule has 0 fully saturated rings. The summed E-state index contributed by atoms with van der Waals surface area (Å²) in [6.45, 7) is 16.6. The number of rotatable bonds is 40. The summed E-state index contributed by atoms with van der Waals surface area (Å²) in [6.07, 6.45) is 28.5. The van der Waals surface area contributed by atoms with E-state index < -0.39 is 38.0 Å². The quantitative estimate of drug-likeness (QED) is 0.0354. The molecule has 0 rings (SSSR count). The molecule has 0 saturated heterocycles. The van der Waals surface area contributed by atoms with Crippen LogP contribution in [0.4, 0.5) is 0 Å². The Labute approximate surface area is 432 Å². The lowest BCUT2D eigenvalue weighted by molar-refractivity contribution is -0.120. The van der Waals surface area contributed by atoms with Gasteiger partial charge in [0.1, 0.15) is 19.8 Å². The average Bonchev–Trinajstić information content (AvgIpc) is 3.27. The number of nitrogens with two attached hydrogens (primary N) is 1. The van der Waals surface area contributed by atoms with Gasteiger partial charge in [0, 0.05) is 44.1 Å². The molecular formula is C51H97N3O5S5Si2. The third-order valence-electron chi connectivity index (χ3n) is 12.2. The van der Waals surface area contributed by atoms with Gasteiger partial charge in [-0.1, -0.05) is 167 Å². The lowest BCUT2D eigenvalue weighted by atomic mass is 9.81. The molecule has 0 aromatic rings. The normalized spacial score (nSPS) is 13.7. The van der Waals surface area contributed by atoms with Crippen molar-refractivity contribution in [2.45, 2.75) is 257 Å². The number of unbranched alkanes of at least 4 members (excludes halogenated alkanes) is 17. The molecule has 66 heavy (non-hydrogen) atoms. The minimum absolute atomic E-state index is 0. The Morgan fingerprint density at radius 2 is 1.05 bits per heavy atom. The van der Waals surface area contributed by atoms with Crippen molar-refractivity contribution in [3.05, 3.63) is 0 Å². The van der Waals surface area contributed by atoms with Gasteiger partial charge in [-0.15, -0.1) is 23.5 Å². The van der Waals surface area contributed by atoms with Crippen molar-refractivity contribution in [2.75, 3.05) is 20.0 Å². The second-order valence-electron chi connectivity index (χ2n) is 19.6. The number of nitriles is 2. The topological polar surface area (TPSA) is 143 Å². The molecule has 3 unspecified atom stereocenters. The fourth-order valence-corrected chi connectivity index (χ4v) is 13.6. The van der Waals surface area contributed by atoms with Gasteiger partial charge in [0.05, 0.1) is 22.8 Å². The third-order valence-corrected chi connectivity index (χ3v) is 21.8. The third kappa shape index (κ3) is 41.2. The minimum Gasteiger partial charge on any atom is -0.420 e. The van der Waals surface area contributed by atoms with Crippen molar-refractivity contribution < 1.29 is 23.2 Å². The second kappa shape index (κ2) is 42.1. The highest BCUT2D eigenvalue weighted by molar-refractivity contribution is 8.47. The Bertz CT molecular complexity index is 1430. The Hall–Kier alpha value is -0.626. The number of ketones is 2. The Morgan fingerprint density at radius 1 is 0.636 bits per heavy atom. The van der Waals surface area contributed by atoms with Crippen LogP contribution in [0.1, 0.15) is 208 Å². The van der Waals surface area contributed by atoms with E-state index in [9.17, 15) is 24.9 Å². The number of primary amides is 1. The molecular weight excluding hydrogens is 951 g/mol. The van der Waals surface area contributed by atoms with Gasteiger partial charge in [-0.3, -0.25) is 14.4 Å². The molecule has 0 aromatic carbocycles. The van der Waals surface area contributed by atoms with Gasteiger partial charge in [0.15, 0.2) is 16.6 Å². The largest absolute Gasteiger partial charge is 0.420 e. The molecule has 0 aromatic heterocycles. The fraction of sp³-hybridized carbons (Fsp3) is 0.863. The maximum absolute atomic E-state index is 12.4. The number of nitrogens with zero attached hydrogens (tertiary/aromatic N) is 2. The predicted octanol–water partition coefficient (Wildman–Crippen LogP) is 16.5. The van der Waals surface area contributed by atoms with Crippen molar-refractivity contribution in [1.82, 2.24) is 0 Å². The monoisotopic (exact) mass is 1050 g/mol. The SMILES string of the molecule is C.CCCCCCCCCCCC(=S)SC(CC(C)(C#N)CCC(=O)CC[Si](C)(C)OC)C(N)=O.CCCCCCCCCCCCSC(=S)SC(C)(C#N)CCC(=O)CC[Si](C)(C)OC. The molecule has 0 bridgehead atoms. The van der Waals surface area contributed by atoms with Gasteiger partial charge in [-0.2, -0.15) is 10.5 Å². The summed E-state index contributed by atoms with van der Waals surface area (Å²) < 4.78 is 12.0. The zero-order valence-corrected chi connectivity index (χ0v) is 48.9. The molecule has 3 atom stereocenters. The molecule has 384 valence electrons. The Morgan fingerprint density at radius 3 is 1.44 bits per heavy atom. The van der Waals surface area contributed by atoms with Crippen LogP contribution < -0.4 is 5.73 Å². The molecule has 15 heteroatoms. The van der Waals surface area contributed by atoms with Crippen molar-refractivity contribution in [2.24, 2.45) is 11.1 Å². The fourth-order valence-electron chi connectivity index (χ4n) is 6.83. The van der Waals surface area contributed by atoms with E-state index in [0.717, 1.165) is 44.8 Å². The summed E-state index contributed by atoms with van der Waals surface area (Å²) in [7, 11) is -0.0452. The minimum atomic E-state index is -1.77. The first-order valence-corrected chi connectivity index (χ1v) is 34.7. The zero-order valence-electron chi connectivity index (χ0n) is 42.8. The van der Waals surface area contributed by atoms with Crippen molar-refractivity contribution in [3.63, 3.8) is 0 Å². The molecule has 0 aliphatic heterocycles. The van der Waals surface area contributed by atoms with Gasteiger partial charge in [-0.25, -0.2) is 0 Å². The maximum atomic E-state index is 12.4. The standard InChI is InChI=1S/C26H48N2O3S2Si.C24H45NO2S3Si.CH4/c1-6-7-8-9-10-11-12-13-14-15-24(32)33-23(25(28)30)20-26(2,21-27)18-16-22(29)17-19-34(4,5)31-3;1-6-7-8-9-10-11-12-13-14-15-19-29-23(28)30-24(2,21-25)18-16-22(26)17-20-31(4,5)27-3;/h23H,6-20H2,1-5H3,(H2,28,30);6-20H2,1-5H3;1H4. The number of hydrogen-bond donors (Lipinski definition) is 1. The summed E-state index contributed by atoms with van der Waals surface area (Å²) in [5.41, 5.74) is 4.87. The van der Waals surface area contributed by atoms with Crippen molar-refractivity contribution in [1.29, 1.82) is 10.5 Å². The highest BCUT2D eigenvalue weighted by Gasteiger charge is 2.33. The smallest absolute Gasteiger partial charge is 0.230 e. The summed E-state index contributed by atoms with van der Waals surface area (Å²) in [4.78, 5) is 36.7. The number of thiocarbonyl (C=S) groups is 2. The second-order valence-corrected chi connectivity index (χ2v) is 34.3. The number of thioether (sulfide) groups is 3. The van der Waals surface area contributed by atoms with E-state index in [0.29, 0.717) is 44.9 Å². The summed E-state index contributed by atoms with van der Waals surface area (Å²) in [5, 5.41) is 18.9. The molecule has 1 amide bonds. The van der Waals surface area contributed by atoms with Crippen LogP contribution in [0.3, 0.4) is 0 Å². The number of carbonyl (C=O) groups excluding carboxylic acids is 3. The highest BCUT2D eigenvalue weighted by Crippen LogP contribution is 2.36. The van der Waals surface area contributed by atoms with Crippen LogP contribution in [0, 0.1) is 28.1 Å². The zero-order chi connectivity index (χ0) is 49.6. The van der Waals surface area contributed by atoms with Crippen molar-refractivity contribution in [3.8, 4) is 12.1 Å². The van der Waals surface area contributed by atoms with Crippen LogP contribution in [-0.4, -0.2) is 71.8 Å². The van der Waals surface area contributed by atoms with E-state index in [1.807, 2.05) is 13.8 Å². The molecule has 8 nitrogen and oxygen atoms in total. The van der Waals surface area contributed by atoms with Crippen LogP contribution in [0.15, 0.2) is 0 Å². The number of hydrogen-bond acceptors (Lipinski definition) is 12. The van der Waals surface area contributed by atoms with Crippen LogP contribution in [0.5, 0.6) is 0 Å². The van der Waals surface area contributed by atoms with Gasteiger partial charge in [-0.05, 0) is 96.4 Å². The van der Waals surface area contributed by atoms with Crippen molar-refractivity contribution >= 4 is 102 Å². The molecule has 0 aliphatic rings. The summed E-state index contributed by atoms with van der Waals surface area (Å²) >= 11 is 15.5. The summed E-state index contributed by atoms with van der Waals surface area (Å²) in [5.74, 6) is 0.950. The van der Waals surface area contributed by atoms with E-state index in [1.54, 1.807) is 26.0 Å². The van der Waals surface area contributed by atoms with Gasteiger partial charge < -0.3 is 14.6 Å². The van der Waals surface area contributed by atoms with Crippen LogP contribution in [0.25, 0.3) is 0 Å². The highest BCUT2D eigenvalue weighted by atomic mass is 32.2. The number of carbonyl (C=O) groups is 3. The van der Waals surface area contributed by atoms with E-state index in [4.69, 9.17) is 39.0 Å². The van der Waals surface area contributed by atoms with E-state index in [-0.39, 0.29) is 19.0 Å². The van der Waals surface area contributed by atoms with E-state index in [1.165, 1.54) is 133 Å². The Kier molecular flexibility index (Phi) is 44.4. The van der Waals surface area contributed by atoms with Crippen LogP contribution in [0.2, 0.25) is 38.3 Å². The first kappa shape index (κ1) is 69.6.